The standard InChI is InChI=1S/C21H21ClFNS/c1-14(13-16-3-9-19(23)10-4-16)24-15(2)20-11-12-21(25-20)17-5-7-18(22)8-6-17/h3-12,14-15,24H,13H2,1-2H3. The van der Waals surface area contributed by atoms with Crippen molar-refractivity contribution in [1.29, 1.82) is 0 Å². The molecular weight excluding hydrogens is 353 g/mol. The third kappa shape index (κ3) is 4.91. The number of rotatable bonds is 6. The summed E-state index contributed by atoms with van der Waals surface area (Å²) in [5.74, 6) is -0.189. The van der Waals surface area contributed by atoms with E-state index in [1.165, 1.54) is 27.5 Å². The molecule has 0 radical (unpaired) electrons. The maximum absolute atomic E-state index is 13.0. The lowest BCUT2D eigenvalue weighted by Crippen LogP contribution is -2.30. The Hall–Kier alpha value is -1.68. The summed E-state index contributed by atoms with van der Waals surface area (Å²) in [6.45, 7) is 4.34. The van der Waals surface area contributed by atoms with E-state index in [9.17, 15) is 4.39 Å². The minimum Gasteiger partial charge on any atom is -0.307 e. The molecule has 130 valence electrons. The molecule has 0 amide bonds. The third-order valence-electron chi connectivity index (χ3n) is 4.17. The van der Waals surface area contributed by atoms with E-state index in [1.54, 1.807) is 11.3 Å². The molecule has 0 saturated heterocycles. The molecular formula is C21H21ClFNS. The van der Waals surface area contributed by atoms with Gasteiger partial charge in [-0.3, -0.25) is 0 Å². The number of benzene rings is 2. The molecule has 25 heavy (non-hydrogen) atoms. The summed E-state index contributed by atoms with van der Waals surface area (Å²) in [6.07, 6.45) is 0.875. The predicted molar refractivity (Wildman–Crippen MR) is 106 cm³/mol. The zero-order chi connectivity index (χ0) is 17.8. The summed E-state index contributed by atoms with van der Waals surface area (Å²) in [5.41, 5.74) is 2.33. The Labute approximate surface area is 157 Å². The minimum absolute atomic E-state index is 0.189. The van der Waals surface area contributed by atoms with Crippen molar-refractivity contribution in [2.24, 2.45) is 0 Å². The Morgan fingerprint density at radius 1 is 0.960 bits per heavy atom. The molecule has 0 saturated carbocycles. The lowest BCUT2D eigenvalue weighted by atomic mass is 10.1. The van der Waals surface area contributed by atoms with Gasteiger partial charge in [-0.1, -0.05) is 35.9 Å². The lowest BCUT2D eigenvalue weighted by Gasteiger charge is -2.19. The molecule has 3 aromatic rings. The molecule has 1 heterocycles. The minimum atomic E-state index is -0.189. The average Bonchev–Trinajstić information content (AvgIpc) is 3.08. The van der Waals surface area contributed by atoms with Crippen LogP contribution in [0.15, 0.2) is 60.7 Å². The van der Waals surface area contributed by atoms with Crippen molar-refractivity contribution in [3.8, 4) is 10.4 Å². The van der Waals surface area contributed by atoms with Gasteiger partial charge in [0.25, 0.3) is 0 Å². The molecule has 2 atom stereocenters. The molecule has 2 unspecified atom stereocenters. The zero-order valence-electron chi connectivity index (χ0n) is 14.3. The molecule has 0 spiro atoms. The normalized spacial score (nSPS) is 13.6. The van der Waals surface area contributed by atoms with Crippen molar-refractivity contribution in [1.82, 2.24) is 5.32 Å². The van der Waals surface area contributed by atoms with E-state index >= 15 is 0 Å². The summed E-state index contributed by atoms with van der Waals surface area (Å²) in [5, 5.41) is 4.38. The predicted octanol–water partition coefficient (Wildman–Crippen LogP) is 6.49. The van der Waals surface area contributed by atoms with Crippen LogP contribution >= 0.6 is 22.9 Å². The molecule has 1 aromatic heterocycles. The fourth-order valence-corrected chi connectivity index (χ4v) is 4.05. The molecule has 3 rings (SSSR count). The van der Waals surface area contributed by atoms with Crippen LogP contribution in [-0.2, 0) is 6.42 Å². The highest BCUT2D eigenvalue weighted by Gasteiger charge is 2.13. The van der Waals surface area contributed by atoms with Crippen LogP contribution in [-0.4, -0.2) is 6.04 Å². The molecule has 0 aliphatic heterocycles. The Morgan fingerprint density at radius 3 is 2.32 bits per heavy atom. The van der Waals surface area contributed by atoms with Crippen molar-refractivity contribution < 1.29 is 4.39 Å². The van der Waals surface area contributed by atoms with Crippen molar-refractivity contribution in [3.63, 3.8) is 0 Å². The van der Waals surface area contributed by atoms with Crippen LogP contribution in [0, 0.1) is 5.82 Å². The number of thiophene rings is 1. The van der Waals surface area contributed by atoms with Crippen molar-refractivity contribution in [3.05, 3.63) is 81.9 Å². The van der Waals surface area contributed by atoms with Gasteiger partial charge in [-0.2, -0.15) is 0 Å². The topological polar surface area (TPSA) is 12.0 Å². The molecule has 4 heteroatoms. The van der Waals surface area contributed by atoms with E-state index in [1.807, 2.05) is 36.4 Å². The van der Waals surface area contributed by atoms with Gasteiger partial charge in [-0.15, -0.1) is 11.3 Å². The van der Waals surface area contributed by atoms with Crippen LogP contribution in [0.1, 0.15) is 30.3 Å². The van der Waals surface area contributed by atoms with E-state index < -0.39 is 0 Å². The second-order valence-electron chi connectivity index (χ2n) is 6.33. The molecule has 1 N–H and O–H groups in total. The number of hydrogen-bond acceptors (Lipinski definition) is 2. The van der Waals surface area contributed by atoms with Gasteiger partial charge in [0, 0.05) is 26.9 Å². The van der Waals surface area contributed by atoms with Crippen LogP contribution in [0.4, 0.5) is 4.39 Å². The van der Waals surface area contributed by atoms with Gasteiger partial charge in [0.15, 0.2) is 0 Å². The lowest BCUT2D eigenvalue weighted by molar-refractivity contribution is 0.481. The fraction of sp³-hybridized carbons (Fsp3) is 0.238. The van der Waals surface area contributed by atoms with Crippen molar-refractivity contribution >= 4 is 22.9 Å². The summed E-state index contributed by atoms with van der Waals surface area (Å²) >= 11 is 7.75. The maximum atomic E-state index is 13.0. The number of nitrogens with one attached hydrogen (secondary N) is 1. The Morgan fingerprint density at radius 2 is 1.64 bits per heavy atom. The second-order valence-corrected chi connectivity index (χ2v) is 7.88. The van der Waals surface area contributed by atoms with Gasteiger partial charge in [-0.05, 0) is 67.8 Å². The monoisotopic (exact) mass is 373 g/mol. The van der Waals surface area contributed by atoms with Gasteiger partial charge in [-0.25, -0.2) is 4.39 Å². The van der Waals surface area contributed by atoms with E-state index in [4.69, 9.17) is 11.6 Å². The highest BCUT2D eigenvalue weighted by Crippen LogP contribution is 2.32. The fourth-order valence-electron chi connectivity index (χ4n) is 2.90. The number of hydrogen-bond donors (Lipinski definition) is 1. The maximum Gasteiger partial charge on any atom is 0.123 e. The van der Waals surface area contributed by atoms with Crippen molar-refractivity contribution in [2.45, 2.75) is 32.4 Å². The van der Waals surface area contributed by atoms with Crippen LogP contribution < -0.4 is 5.32 Å². The second kappa shape index (κ2) is 8.13. The summed E-state index contributed by atoms with van der Waals surface area (Å²) in [7, 11) is 0. The number of halogens is 2. The highest BCUT2D eigenvalue weighted by molar-refractivity contribution is 7.15. The Balaban J connectivity index is 1.62. The molecule has 0 aliphatic rings. The van der Waals surface area contributed by atoms with Gasteiger partial charge in [0.2, 0.25) is 0 Å². The molecule has 0 fully saturated rings. The first-order chi connectivity index (χ1) is 12.0. The van der Waals surface area contributed by atoms with E-state index in [0.717, 1.165) is 17.0 Å². The zero-order valence-corrected chi connectivity index (χ0v) is 15.9. The molecule has 0 bridgehead atoms. The van der Waals surface area contributed by atoms with E-state index in [0.29, 0.717) is 6.04 Å². The Bertz CT molecular complexity index is 811. The molecule has 0 aliphatic carbocycles. The molecule has 1 nitrogen and oxygen atoms in total. The SMILES string of the molecule is CC(Cc1ccc(F)cc1)NC(C)c1ccc(-c2ccc(Cl)cc2)s1. The van der Waals surface area contributed by atoms with Crippen LogP contribution in [0.3, 0.4) is 0 Å². The first-order valence-electron chi connectivity index (χ1n) is 8.37. The van der Waals surface area contributed by atoms with Gasteiger partial charge in [0.05, 0.1) is 0 Å². The van der Waals surface area contributed by atoms with Crippen LogP contribution in [0.5, 0.6) is 0 Å². The van der Waals surface area contributed by atoms with Crippen molar-refractivity contribution in [2.75, 3.05) is 0 Å². The van der Waals surface area contributed by atoms with Gasteiger partial charge < -0.3 is 5.32 Å². The van der Waals surface area contributed by atoms with Gasteiger partial charge >= 0.3 is 0 Å². The average molecular weight is 374 g/mol. The van der Waals surface area contributed by atoms with Crippen LogP contribution in [0.2, 0.25) is 5.02 Å². The quantitative estimate of drug-likeness (QED) is 0.520. The molecule has 2 aromatic carbocycles. The van der Waals surface area contributed by atoms with E-state index in [-0.39, 0.29) is 11.9 Å². The first-order valence-corrected chi connectivity index (χ1v) is 9.57. The first kappa shape index (κ1) is 18.1. The Kier molecular flexibility index (Phi) is 5.89. The highest BCUT2D eigenvalue weighted by atomic mass is 35.5. The largest absolute Gasteiger partial charge is 0.307 e. The summed E-state index contributed by atoms with van der Waals surface area (Å²) in [4.78, 5) is 2.54. The van der Waals surface area contributed by atoms with E-state index in [2.05, 4.69) is 31.3 Å². The summed E-state index contributed by atoms with van der Waals surface area (Å²) < 4.78 is 13.0. The van der Waals surface area contributed by atoms with Gasteiger partial charge in [0.1, 0.15) is 5.82 Å². The third-order valence-corrected chi connectivity index (χ3v) is 5.74. The summed E-state index contributed by atoms with van der Waals surface area (Å²) in [6, 6.07) is 19.6. The van der Waals surface area contributed by atoms with Crippen LogP contribution in [0.25, 0.3) is 10.4 Å². The smallest absolute Gasteiger partial charge is 0.123 e.